The molecule has 6 nitrogen and oxygen atoms in total. The quantitative estimate of drug-likeness (QED) is 0.210. The molecule has 3 aromatic carbocycles. The van der Waals surface area contributed by atoms with Crippen LogP contribution in [0.15, 0.2) is 76.8 Å². The van der Waals surface area contributed by atoms with E-state index < -0.39 is 5.91 Å². The Bertz CT molecular complexity index is 1290. The number of carbonyl (C=O) groups is 1. The van der Waals surface area contributed by atoms with Gasteiger partial charge in [-0.15, -0.1) is 0 Å². The Morgan fingerprint density at radius 2 is 1.80 bits per heavy atom. The van der Waals surface area contributed by atoms with Crippen molar-refractivity contribution in [3.63, 3.8) is 0 Å². The lowest BCUT2D eigenvalue weighted by Gasteiger charge is -2.13. The highest BCUT2D eigenvalue weighted by Crippen LogP contribution is 2.35. The molecule has 0 unspecified atom stereocenters. The van der Waals surface area contributed by atoms with E-state index in [1.165, 1.54) is 18.7 Å². The molecule has 0 aromatic heterocycles. The minimum Gasteiger partial charge on any atom is -0.493 e. The number of methoxy groups -OCH3 is 1. The summed E-state index contributed by atoms with van der Waals surface area (Å²) in [6.07, 6.45) is 3.12. The lowest BCUT2D eigenvalue weighted by atomic mass is 10.1. The maximum Gasteiger partial charge on any atom is 0.261 e. The minimum atomic E-state index is -0.431. The van der Waals surface area contributed by atoms with Crippen LogP contribution in [-0.2, 0) is 17.8 Å². The number of benzene rings is 3. The number of carbonyl (C=O) groups excluding carboxylic acids is 1. The van der Waals surface area contributed by atoms with Crippen LogP contribution < -0.4 is 14.8 Å². The second-order valence-electron chi connectivity index (χ2n) is 7.60. The Balaban J connectivity index is 1.68. The van der Waals surface area contributed by atoms with Gasteiger partial charge in [-0.3, -0.25) is 4.79 Å². The first kappa shape index (κ1) is 25.6. The number of nitrogens with one attached hydrogen (secondary N) is 1. The average Bonchev–Trinajstić information content (AvgIpc) is 2.89. The molecule has 0 spiro atoms. The van der Waals surface area contributed by atoms with Gasteiger partial charge in [0.05, 0.1) is 18.7 Å². The van der Waals surface area contributed by atoms with Crippen molar-refractivity contribution in [1.29, 1.82) is 10.5 Å². The molecule has 176 valence electrons. The fourth-order valence-electron chi connectivity index (χ4n) is 3.38. The monoisotopic (exact) mass is 529 g/mol. The zero-order chi connectivity index (χ0) is 25.0. The summed E-state index contributed by atoms with van der Waals surface area (Å²) in [5.41, 5.74) is 3.09. The Hall–Kier alpha value is -4.07. The van der Waals surface area contributed by atoms with E-state index in [-0.39, 0.29) is 12.2 Å². The van der Waals surface area contributed by atoms with Crippen molar-refractivity contribution in [3.05, 3.63) is 99.0 Å². The molecular formula is C28H24BrN3O3. The Kier molecular flexibility index (Phi) is 9.48. The molecule has 0 saturated carbocycles. The second kappa shape index (κ2) is 13.0. The van der Waals surface area contributed by atoms with Gasteiger partial charge < -0.3 is 14.8 Å². The van der Waals surface area contributed by atoms with Crippen LogP contribution in [0.3, 0.4) is 0 Å². The molecule has 35 heavy (non-hydrogen) atoms. The topological polar surface area (TPSA) is 95.1 Å². The summed E-state index contributed by atoms with van der Waals surface area (Å²) in [5, 5.41) is 21.6. The van der Waals surface area contributed by atoms with Gasteiger partial charge in [-0.1, -0.05) is 64.5 Å². The number of rotatable bonds is 10. The Labute approximate surface area is 213 Å². The highest BCUT2D eigenvalue weighted by atomic mass is 79.9. The summed E-state index contributed by atoms with van der Waals surface area (Å²) in [4.78, 5) is 12.5. The van der Waals surface area contributed by atoms with Crippen molar-refractivity contribution >= 4 is 27.9 Å². The predicted molar refractivity (Wildman–Crippen MR) is 138 cm³/mol. The molecule has 0 saturated heterocycles. The smallest absolute Gasteiger partial charge is 0.261 e. The number of hydrogen-bond donors (Lipinski definition) is 1. The zero-order valence-electron chi connectivity index (χ0n) is 19.3. The maximum atomic E-state index is 12.5. The first-order valence-electron chi connectivity index (χ1n) is 11.0. The van der Waals surface area contributed by atoms with Crippen LogP contribution in [-0.4, -0.2) is 19.6 Å². The van der Waals surface area contributed by atoms with Gasteiger partial charge in [0.15, 0.2) is 11.5 Å². The van der Waals surface area contributed by atoms with Crippen LogP contribution in [0.5, 0.6) is 11.5 Å². The van der Waals surface area contributed by atoms with Crippen molar-refractivity contribution in [2.45, 2.75) is 19.4 Å². The lowest BCUT2D eigenvalue weighted by Crippen LogP contribution is -2.25. The van der Waals surface area contributed by atoms with Gasteiger partial charge in [-0.2, -0.15) is 10.5 Å². The summed E-state index contributed by atoms with van der Waals surface area (Å²) < 4.78 is 12.0. The third-order valence-electron chi connectivity index (χ3n) is 5.24. The summed E-state index contributed by atoms with van der Waals surface area (Å²) in [6, 6.07) is 24.8. The summed E-state index contributed by atoms with van der Waals surface area (Å²) in [6.45, 7) is 0.657. The fraction of sp³-hybridized carbons (Fsp3) is 0.179. The number of ether oxygens (including phenoxy) is 2. The maximum absolute atomic E-state index is 12.5. The highest BCUT2D eigenvalue weighted by molar-refractivity contribution is 9.10. The van der Waals surface area contributed by atoms with Gasteiger partial charge in [0, 0.05) is 16.6 Å². The number of hydrogen-bond acceptors (Lipinski definition) is 5. The van der Waals surface area contributed by atoms with Gasteiger partial charge in [-0.25, -0.2) is 0 Å². The van der Waals surface area contributed by atoms with E-state index >= 15 is 0 Å². The largest absolute Gasteiger partial charge is 0.493 e. The molecule has 0 atom stereocenters. The van der Waals surface area contributed by atoms with E-state index in [4.69, 9.17) is 9.47 Å². The van der Waals surface area contributed by atoms with Gasteiger partial charge in [0.25, 0.3) is 5.91 Å². The SMILES string of the molecule is COc1cc(/C=C(/C#N)C(=O)NCCCc2ccccc2)c(Br)cc1OCc1ccccc1C#N. The molecular weight excluding hydrogens is 506 g/mol. The molecule has 0 heterocycles. The number of halogens is 1. The number of aryl methyl sites for hydroxylation is 1. The van der Waals surface area contributed by atoms with E-state index in [1.807, 2.05) is 48.5 Å². The van der Waals surface area contributed by atoms with Gasteiger partial charge >= 0.3 is 0 Å². The normalized spacial score (nSPS) is 10.7. The predicted octanol–water partition coefficient (Wildman–Crippen LogP) is 5.56. The van der Waals surface area contributed by atoms with E-state index in [0.717, 1.165) is 18.4 Å². The summed E-state index contributed by atoms with van der Waals surface area (Å²) >= 11 is 3.49. The van der Waals surface area contributed by atoms with Crippen molar-refractivity contribution in [1.82, 2.24) is 5.32 Å². The number of amides is 1. The third kappa shape index (κ3) is 7.20. The standard InChI is InChI=1S/C28H24BrN3O3/c1-34-26-15-23(25(29)16-27(26)35-19-22-12-6-5-11-21(22)17-30)14-24(18-31)28(33)32-13-7-10-20-8-3-2-4-9-20/h2-6,8-9,11-12,14-16H,7,10,13,19H2,1H3,(H,32,33)/b24-14-. The van der Waals surface area contributed by atoms with Crippen molar-refractivity contribution in [2.24, 2.45) is 0 Å². The first-order chi connectivity index (χ1) is 17.0. The first-order valence-corrected chi connectivity index (χ1v) is 11.8. The summed E-state index contributed by atoms with van der Waals surface area (Å²) in [7, 11) is 1.51. The number of nitrogens with zero attached hydrogens (tertiary/aromatic N) is 2. The molecule has 0 aliphatic heterocycles. The third-order valence-corrected chi connectivity index (χ3v) is 5.93. The minimum absolute atomic E-state index is 0.0101. The van der Waals surface area contributed by atoms with E-state index in [1.54, 1.807) is 24.3 Å². The van der Waals surface area contributed by atoms with Crippen LogP contribution in [0.4, 0.5) is 0 Å². The van der Waals surface area contributed by atoms with Crippen LogP contribution in [0, 0.1) is 22.7 Å². The van der Waals surface area contributed by atoms with Crippen molar-refractivity contribution in [2.75, 3.05) is 13.7 Å². The van der Waals surface area contributed by atoms with Crippen LogP contribution in [0.25, 0.3) is 6.08 Å². The molecule has 0 radical (unpaired) electrons. The Morgan fingerprint density at radius 3 is 2.51 bits per heavy atom. The highest BCUT2D eigenvalue weighted by Gasteiger charge is 2.14. The van der Waals surface area contributed by atoms with E-state index in [9.17, 15) is 15.3 Å². The average molecular weight is 530 g/mol. The molecule has 7 heteroatoms. The van der Waals surface area contributed by atoms with Gasteiger partial charge in [-0.05, 0) is 48.2 Å². The Morgan fingerprint density at radius 1 is 1.06 bits per heavy atom. The molecule has 0 bridgehead atoms. The molecule has 0 aliphatic rings. The van der Waals surface area contributed by atoms with Crippen molar-refractivity contribution in [3.8, 4) is 23.6 Å². The number of nitriles is 2. The molecule has 3 aromatic rings. The lowest BCUT2D eigenvalue weighted by molar-refractivity contribution is -0.117. The van der Waals surface area contributed by atoms with Crippen LogP contribution in [0.1, 0.15) is 28.7 Å². The zero-order valence-corrected chi connectivity index (χ0v) is 20.8. The van der Waals surface area contributed by atoms with E-state index in [0.29, 0.717) is 33.6 Å². The molecule has 0 aliphatic carbocycles. The second-order valence-corrected chi connectivity index (χ2v) is 8.45. The van der Waals surface area contributed by atoms with Crippen molar-refractivity contribution < 1.29 is 14.3 Å². The van der Waals surface area contributed by atoms with Crippen LogP contribution >= 0.6 is 15.9 Å². The molecule has 1 amide bonds. The summed E-state index contributed by atoms with van der Waals surface area (Å²) in [5.74, 6) is 0.474. The molecule has 0 fully saturated rings. The van der Waals surface area contributed by atoms with Crippen LogP contribution in [0.2, 0.25) is 0 Å². The molecule has 3 rings (SSSR count). The van der Waals surface area contributed by atoms with Gasteiger partial charge in [0.2, 0.25) is 0 Å². The van der Waals surface area contributed by atoms with Gasteiger partial charge in [0.1, 0.15) is 18.2 Å². The molecule has 1 N–H and O–H groups in total. The van der Waals surface area contributed by atoms with E-state index in [2.05, 4.69) is 27.3 Å². The fourth-order valence-corrected chi connectivity index (χ4v) is 3.82.